The van der Waals surface area contributed by atoms with E-state index in [2.05, 4.69) is 61.4 Å². The molecule has 2 unspecified atom stereocenters. The molecular formula is C21H30N2O. The average molecular weight is 326 g/mol. The number of rotatable bonds is 9. The minimum absolute atomic E-state index is 0.192. The Hall–Kier alpha value is -1.71. The van der Waals surface area contributed by atoms with Crippen molar-refractivity contribution in [3.05, 3.63) is 65.5 Å². The number of aliphatic hydroxyl groups is 1. The second-order valence-electron chi connectivity index (χ2n) is 7.02. The monoisotopic (exact) mass is 326 g/mol. The molecule has 0 saturated carbocycles. The highest BCUT2D eigenvalue weighted by atomic mass is 16.3. The molecule has 24 heavy (non-hydrogen) atoms. The summed E-state index contributed by atoms with van der Waals surface area (Å²) < 4.78 is 0. The summed E-state index contributed by atoms with van der Waals surface area (Å²) in [5.74, 6) is 0.804. The van der Waals surface area contributed by atoms with Crippen LogP contribution in [0.4, 0.5) is 0 Å². The smallest absolute Gasteiger partial charge is 0.0573 e. The number of hydrogen-bond donors (Lipinski definition) is 2. The number of nitrogens with zero attached hydrogens (tertiary/aromatic N) is 1. The Morgan fingerprint density at radius 2 is 1.83 bits per heavy atom. The van der Waals surface area contributed by atoms with Crippen LogP contribution in [0.1, 0.15) is 43.1 Å². The highest BCUT2D eigenvalue weighted by molar-refractivity contribution is 5.26. The molecule has 0 amide bonds. The van der Waals surface area contributed by atoms with Gasteiger partial charge in [-0.3, -0.25) is 4.98 Å². The molecule has 0 aliphatic heterocycles. The largest absolute Gasteiger partial charge is 0.396 e. The van der Waals surface area contributed by atoms with Gasteiger partial charge in [-0.2, -0.15) is 0 Å². The fourth-order valence-electron chi connectivity index (χ4n) is 3.02. The molecule has 130 valence electrons. The summed E-state index contributed by atoms with van der Waals surface area (Å²) in [5.41, 5.74) is 3.69. The summed E-state index contributed by atoms with van der Waals surface area (Å²) in [6.07, 6.45) is 3.79. The molecular weight excluding hydrogens is 296 g/mol. The Balaban J connectivity index is 1.99. The zero-order valence-electron chi connectivity index (χ0n) is 15.1. The van der Waals surface area contributed by atoms with Gasteiger partial charge < -0.3 is 10.4 Å². The Labute approximate surface area is 146 Å². The normalized spacial score (nSPS) is 13.9. The summed E-state index contributed by atoms with van der Waals surface area (Å²) in [6.45, 7) is 7.58. The van der Waals surface area contributed by atoms with Crippen LogP contribution < -0.4 is 5.32 Å². The Morgan fingerprint density at radius 3 is 2.46 bits per heavy atom. The lowest BCUT2D eigenvalue weighted by Gasteiger charge is -2.23. The highest BCUT2D eigenvalue weighted by Crippen LogP contribution is 2.20. The predicted octanol–water partition coefficient (Wildman–Crippen LogP) is 3.92. The number of hydrogen-bond acceptors (Lipinski definition) is 3. The maximum absolute atomic E-state index is 9.79. The fourth-order valence-corrected chi connectivity index (χ4v) is 3.02. The summed E-state index contributed by atoms with van der Waals surface area (Å²) in [7, 11) is 0. The van der Waals surface area contributed by atoms with E-state index < -0.39 is 0 Å². The van der Waals surface area contributed by atoms with Gasteiger partial charge in [0, 0.05) is 25.4 Å². The quantitative estimate of drug-likeness (QED) is 0.734. The van der Waals surface area contributed by atoms with E-state index in [0.29, 0.717) is 5.92 Å². The van der Waals surface area contributed by atoms with Crippen molar-refractivity contribution in [2.45, 2.75) is 39.7 Å². The number of aromatic nitrogens is 1. The first-order valence-corrected chi connectivity index (χ1v) is 8.89. The lowest BCUT2D eigenvalue weighted by molar-refractivity contribution is 0.215. The molecule has 3 nitrogen and oxygen atoms in total. The molecule has 1 aromatic heterocycles. The molecule has 0 aliphatic rings. The Morgan fingerprint density at radius 1 is 1.08 bits per heavy atom. The second-order valence-corrected chi connectivity index (χ2v) is 7.02. The van der Waals surface area contributed by atoms with E-state index >= 15 is 0 Å². The molecule has 0 bridgehead atoms. The predicted molar refractivity (Wildman–Crippen MR) is 99.9 cm³/mol. The van der Waals surface area contributed by atoms with E-state index in [1.807, 2.05) is 18.3 Å². The topological polar surface area (TPSA) is 45.1 Å². The molecule has 1 aromatic carbocycles. The third-order valence-electron chi connectivity index (χ3n) is 4.43. The first kappa shape index (κ1) is 18.6. The first-order valence-electron chi connectivity index (χ1n) is 8.89. The van der Waals surface area contributed by atoms with Gasteiger partial charge in [-0.05, 0) is 54.9 Å². The molecule has 0 fully saturated rings. The highest BCUT2D eigenvalue weighted by Gasteiger charge is 2.17. The third-order valence-corrected chi connectivity index (χ3v) is 4.43. The van der Waals surface area contributed by atoms with Gasteiger partial charge >= 0.3 is 0 Å². The minimum atomic E-state index is 0.192. The van der Waals surface area contributed by atoms with E-state index in [9.17, 15) is 5.11 Å². The molecule has 0 spiro atoms. The SMILES string of the molecule is Cc1ccccc1CC(CO)CNC(CC(C)C)c1ccccn1. The van der Waals surface area contributed by atoms with Gasteiger partial charge in [-0.15, -0.1) is 0 Å². The Bertz CT molecular complexity index is 598. The number of nitrogens with one attached hydrogen (secondary N) is 1. The van der Waals surface area contributed by atoms with Crippen LogP contribution in [0.2, 0.25) is 0 Å². The number of pyridine rings is 1. The third kappa shape index (κ3) is 5.73. The number of aliphatic hydroxyl groups excluding tert-OH is 1. The van der Waals surface area contributed by atoms with Gasteiger partial charge in [0.05, 0.1) is 5.69 Å². The Kier molecular flexibility index (Phi) is 7.41. The molecule has 2 atom stereocenters. The lowest BCUT2D eigenvalue weighted by atomic mass is 9.95. The van der Waals surface area contributed by atoms with Crippen molar-refractivity contribution in [1.29, 1.82) is 0 Å². The summed E-state index contributed by atoms with van der Waals surface area (Å²) >= 11 is 0. The summed E-state index contributed by atoms with van der Waals surface area (Å²) in [5, 5.41) is 13.4. The maximum atomic E-state index is 9.79. The lowest BCUT2D eigenvalue weighted by Crippen LogP contribution is -2.31. The van der Waals surface area contributed by atoms with Gasteiger partial charge in [0.2, 0.25) is 0 Å². The average Bonchev–Trinajstić information content (AvgIpc) is 2.59. The van der Waals surface area contributed by atoms with E-state index in [-0.39, 0.29) is 18.6 Å². The van der Waals surface area contributed by atoms with Crippen molar-refractivity contribution in [1.82, 2.24) is 10.3 Å². The van der Waals surface area contributed by atoms with Crippen LogP contribution in [0.15, 0.2) is 48.7 Å². The zero-order valence-corrected chi connectivity index (χ0v) is 15.1. The van der Waals surface area contributed by atoms with E-state index in [0.717, 1.165) is 25.1 Å². The zero-order chi connectivity index (χ0) is 17.4. The van der Waals surface area contributed by atoms with Crippen molar-refractivity contribution < 1.29 is 5.11 Å². The number of benzene rings is 1. The fraction of sp³-hybridized carbons (Fsp3) is 0.476. The summed E-state index contributed by atoms with van der Waals surface area (Å²) in [6, 6.07) is 14.7. The van der Waals surface area contributed by atoms with E-state index in [4.69, 9.17) is 0 Å². The van der Waals surface area contributed by atoms with Gasteiger partial charge in [0.15, 0.2) is 0 Å². The van der Waals surface area contributed by atoms with Crippen LogP contribution in [0.25, 0.3) is 0 Å². The van der Waals surface area contributed by atoms with E-state index in [1.54, 1.807) is 0 Å². The molecule has 0 aliphatic carbocycles. The molecule has 2 N–H and O–H groups in total. The maximum Gasteiger partial charge on any atom is 0.0573 e. The van der Waals surface area contributed by atoms with Crippen LogP contribution in [0.5, 0.6) is 0 Å². The van der Waals surface area contributed by atoms with Crippen molar-refractivity contribution in [2.24, 2.45) is 11.8 Å². The molecule has 3 heteroatoms. The molecule has 0 radical (unpaired) electrons. The van der Waals surface area contributed by atoms with Crippen LogP contribution in [0.3, 0.4) is 0 Å². The molecule has 2 rings (SSSR count). The van der Waals surface area contributed by atoms with Crippen molar-refractivity contribution in [2.75, 3.05) is 13.2 Å². The van der Waals surface area contributed by atoms with Crippen LogP contribution in [0, 0.1) is 18.8 Å². The molecule has 1 heterocycles. The van der Waals surface area contributed by atoms with Crippen LogP contribution >= 0.6 is 0 Å². The summed E-state index contributed by atoms with van der Waals surface area (Å²) in [4.78, 5) is 4.51. The molecule has 2 aromatic rings. The van der Waals surface area contributed by atoms with Gasteiger partial charge in [-0.25, -0.2) is 0 Å². The van der Waals surface area contributed by atoms with Gasteiger partial charge in [0.25, 0.3) is 0 Å². The second kappa shape index (κ2) is 9.55. The molecule has 0 saturated heterocycles. The van der Waals surface area contributed by atoms with Crippen molar-refractivity contribution in [3.8, 4) is 0 Å². The standard InChI is InChI=1S/C21H30N2O/c1-16(2)12-21(20-10-6-7-11-22-20)23-14-18(15-24)13-19-9-5-4-8-17(19)3/h4-11,16,18,21,23-24H,12-15H2,1-3H3. The number of aryl methyl sites for hydroxylation is 1. The first-order chi connectivity index (χ1) is 11.6. The minimum Gasteiger partial charge on any atom is -0.396 e. The van der Waals surface area contributed by atoms with Gasteiger partial charge in [0.1, 0.15) is 0 Å². The van der Waals surface area contributed by atoms with Crippen molar-refractivity contribution in [3.63, 3.8) is 0 Å². The van der Waals surface area contributed by atoms with Gasteiger partial charge in [-0.1, -0.05) is 44.2 Å². The van der Waals surface area contributed by atoms with Crippen LogP contribution in [-0.4, -0.2) is 23.2 Å². The van der Waals surface area contributed by atoms with E-state index in [1.165, 1.54) is 11.1 Å². The van der Waals surface area contributed by atoms with Crippen LogP contribution in [-0.2, 0) is 6.42 Å². The van der Waals surface area contributed by atoms with Crippen molar-refractivity contribution >= 4 is 0 Å².